The second kappa shape index (κ2) is 10.0. The topological polar surface area (TPSA) is 184 Å². The van der Waals surface area contributed by atoms with Gasteiger partial charge in [0.15, 0.2) is 0 Å². The Labute approximate surface area is 190 Å². The Balaban J connectivity index is 1.78. The molecule has 0 radical (unpaired) electrons. The molecule has 11 heteroatoms. The van der Waals surface area contributed by atoms with E-state index in [1.165, 1.54) is 6.92 Å². The SMILES string of the molecule is CC(=O)NC(CCN)C(=O)NCc1c[nH]c(C(C)=C2C(=O)Nc3ccc(NC(N)=O)cc32)c1. The maximum absolute atomic E-state index is 12.6. The summed E-state index contributed by atoms with van der Waals surface area (Å²) in [5.41, 5.74) is 15.1. The lowest BCUT2D eigenvalue weighted by Gasteiger charge is -2.16. The number of allylic oxidation sites excluding steroid dienone is 1. The van der Waals surface area contributed by atoms with Crippen LogP contribution in [0.5, 0.6) is 0 Å². The molecule has 0 aliphatic carbocycles. The van der Waals surface area contributed by atoms with Gasteiger partial charge >= 0.3 is 6.03 Å². The van der Waals surface area contributed by atoms with Crippen molar-refractivity contribution in [3.8, 4) is 0 Å². The number of aromatic nitrogens is 1. The van der Waals surface area contributed by atoms with Crippen molar-refractivity contribution in [3.05, 3.63) is 47.3 Å². The fraction of sp³-hybridized carbons (Fsp3) is 0.273. The first kappa shape index (κ1) is 23.5. The maximum atomic E-state index is 12.6. The fourth-order valence-corrected chi connectivity index (χ4v) is 3.65. The van der Waals surface area contributed by atoms with Crippen molar-refractivity contribution in [3.63, 3.8) is 0 Å². The third-order valence-corrected chi connectivity index (χ3v) is 5.17. The average molecular weight is 454 g/mol. The minimum absolute atomic E-state index is 0.230. The van der Waals surface area contributed by atoms with Gasteiger partial charge < -0.3 is 37.7 Å². The van der Waals surface area contributed by atoms with Crippen LogP contribution in [-0.2, 0) is 20.9 Å². The first-order valence-electron chi connectivity index (χ1n) is 10.3. The first-order chi connectivity index (χ1) is 15.7. The summed E-state index contributed by atoms with van der Waals surface area (Å²) >= 11 is 0. The van der Waals surface area contributed by atoms with Crippen LogP contribution in [0.25, 0.3) is 11.1 Å². The number of urea groups is 1. The van der Waals surface area contributed by atoms with E-state index in [1.54, 1.807) is 31.3 Å². The molecule has 0 bridgehead atoms. The average Bonchev–Trinajstić information content (AvgIpc) is 3.34. The molecule has 33 heavy (non-hydrogen) atoms. The van der Waals surface area contributed by atoms with Gasteiger partial charge in [0.25, 0.3) is 5.91 Å². The number of nitrogens with one attached hydrogen (secondary N) is 5. The smallest absolute Gasteiger partial charge is 0.316 e. The van der Waals surface area contributed by atoms with Crippen LogP contribution in [0.1, 0.15) is 37.1 Å². The molecule has 1 unspecified atom stereocenters. The highest BCUT2D eigenvalue weighted by atomic mass is 16.2. The molecule has 2 heterocycles. The highest BCUT2D eigenvalue weighted by Crippen LogP contribution is 2.38. The van der Waals surface area contributed by atoms with Crippen molar-refractivity contribution in [1.29, 1.82) is 0 Å². The summed E-state index contributed by atoms with van der Waals surface area (Å²) in [6.45, 7) is 3.64. The summed E-state index contributed by atoms with van der Waals surface area (Å²) < 4.78 is 0. The zero-order valence-electron chi connectivity index (χ0n) is 18.4. The van der Waals surface area contributed by atoms with E-state index in [0.29, 0.717) is 40.2 Å². The van der Waals surface area contributed by atoms with Crippen LogP contribution in [0, 0.1) is 0 Å². The Morgan fingerprint density at radius 2 is 1.91 bits per heavy atom. The number of benzene rings is 1. The minimum atomic E-state index is -0.698. The van der Waals surface area contributed by atoms with E-state index in [4.69, 9.17) is 11.5 Å². The molecule has 174 valence electrons. The molecule has 1 aromatic heterocycles. The van der Waals surface area contributed by atoms with E-state index in [0.717, 1.165) is 5.56 Å². The molecule has 0 saturated carbocycles. The van der Waals surface area contributed by atoms with Gasteiger partial charge in [-0.25, -0.2) is 4.79 Å². The summed E-state index contributed by atoms with van der Waals surface area (Å²) in [5, 5.41) is 10.7. The molecule has 9 N–H and O–H groups in total. The number of fused-ring (bicyclic) bond motifs is 1. The number of H-pyrrole nitrogens is 1. The van der Waals surface area contributed by atoms with Crippen molar-refractivity contribution < 1.29 is 19.2 Å². The molecular formula is C22H27N7O4. The first-order valence-corrected chi connectivity index (χ1v) is 10.3. The van der Waals surface area contributed by atoms with Gasteiger partial charge in [-0.3, -0.25) is 14.4 Å². The van der Waals surface area contributed by atoms with Gasteiger partial charge in [0.05, 0.1) is 5.57 Å². The van der Waals surface area contributed by atoms with Crippen LogP contribution >= 0.6 is 0 Å². The molecule has 1 aromatic carbocycles. The number of amides is 5. The second-order valence-electron chi connectivity index (χ2n) is 7.67. The highest BCUT2D eigenvalue weighted by molar-refractivity contribution is 6.36. The third kappa shape index (κ3) is 5.57. The van der Waals surface area contributed by atoms with Gasteiger partial charge in [0.1, 0.15) is 6.04 Å². The summed E-state index contributed by atoms with van der Waals surface area (Å²) in [6, 6.07) is 5.46. The monoisotopic (exact) mass is 453 g/mol. The predicted molar refractivity (Wildman–Crippen MR) is 125 cm³/mol. The molecule has 0 spiro atoms. The number of aromatic amines is 1. The lowest BCUT2D eigenvalue weighted by molar-refractivity contribution is -0.128. The molecular weight excluding hydrogens is 426 g/mol. The lowest BCUT2D eigenvalue weighted by atomic mass is 9.99. The normalized spacial score (nSPS) is 14.7. The number of hydrogen-bond donors (Lipinski definition) is 7. The van der Waals surface area contributed by atoms with E-state index < -0.39 is 12.1 Å². The molecule has 5 amide bonds. The number of primary amides is 1. The summed E-state index contributed by atoms with van der Waals surface area (Å²) in [6.07, 6.45) is 2.06. The Morgan fingerprint density at radius 3 is 2.58 bits per heavy atom. The van der Waals surface area contributed by atoms with E-state index >= 15 is 0 Å². The van der Waals surface area contributed by atoms with Crippen LogP contribution in [0.15, 0.2) is 30.5 Å². The molecule has 11 nitrogen and oxygen atoms in total. The summed E-state index contributed by atoms with van der Waals surface area (Å²) in [7, 11) is 0. The third-order valence-electron chi connectivity index (χ3n) is 5.17. The number of hydrogen-bond acceptors (Lipinski definition) is 5. The molecule has 0 fully saturated rings. The molecule has 3 rings (SSSR count). The zero-order valence-corrected chi connectivity index (χ0v) is 18.4. The Hall–Kier alpha value is -4.12. The van der Waals surface area contributed by atoms with Crippen molar-refractivity contribution in [2.45, 2.75) is 32.9 Å². The minimum Gasteiger partial charge on any atom is -0.361 e. The predicted octanol–water partition coefficient (Wildman–Crippen LogP) is 0.858. The fourth-order valence-electron chi connectivity index (χ4n) is 3.65. The number of anilines is 2. The maximum Gasteiger partial charge on any atom is 0.316 e. The van der Waals surface area contributed by atoms with Crippen molar-refractivity contribution in [2.24, 2.45) is 11.5 Å². The molecule has 1 aliphatic heterocycles. The number of rotatable bonds is 8. The van der Waals surface area contributed by atoms with Crippen LogP contribution in [0.4, 0.5) is 16.2 Å². The Kier molecular flexibility index (Phi) is 7.13. The van der Waals surface area contributed by atoms with E-state index in [9.17, 15) is 19.2 Å². The lowest BCUT2D eigenvalue weighted by Crippen LogP contribution is -2.46. The van der Waals surface area contributed by atoms with Gasteiger partial charge in [-0.1, -0.05) is 0 Å². The number of carbonyl (C=O) groups is 4. The Bertz CT molecular complexity index is 1140. The number of nitrogens with two attached hydrogens (primary N) is 2. The molecule has 0 saturated heterocycles. The van der Waals surface area contributed by atoms with Crippen molar-refractivity contribution >= 4 is 46.3 Å². The van der Waals surface area contributed by atoms with Gasteiger partial charge in [-0.2, -0.15) is 0 Å². The van der Waals surface area contributed by atoms with Crippen LogP contribution in [0.3, 0.4) is 0 Å². The molecule has 1 aliphatic rings. The standard InChI is InChI=1S/C22H27N7O4/c1-11(19-15-8-14(28-22(24)33)3-4-16(15)29-21(19)32)18-7-13(9-25-18)10-26-20(31)17(5-6-23)27-12(2)30/h3-4,7-9,17,25H,5-6,10,23H2,1-2H3,(H,26,31)(H,27,30)(H,29,32)(H3,24,28,33). The van der Waals surface area contributed by atoms with Gasteiger partial charge in [-0.05, 0) is 55.3 Å². The second-order valence-corrected chi connectivity index (χ2v) is 7.67. The van der Waals surface area contributed by atoms with E-state index in [1.807, 2.05) is 6.07 Å². The Morgan fingerprint density at radius 1 is 1.15 bits per heavy atom. The summed E-state index contributed by atoms with van der Waals surface area (Å²) in [5.74, 6) is -0.894. The van der Waals surface area contributed by atoms with Gasteiger partial charge in [0.2, 0.25) is 11.8 Å². The highest BCUT2D eigenvalue weighted by Gasteiger charge is 2.27. The largest absolute Gasteiger partial charge is 0.361 e. The summed E-state index contributed by atoms with van der Waals surface area (Å²) in [4.78, 5) is 50.6. The zero-order chi connectivity index (χ0) is 24.1. The molecule has 2 aromatic rings. The van der Waals surface area contributed by atoms with Gasteiger partial charge in [0, 0.05) is 42.3 Å². The number of carbonyl (C=O) groups excluding carboxylic acids is 4. The van der Waals surface area contributed by atoms with Crippen molar-refractivity contribution in [2.75, 3.05) is 17.2 Å². The van der Waals surface area contributed by atoms with Crippen LogP contribution < -0.4 is 32.7 Å². The van der Waals surface area contributed by atoms with E-state index in [-0.39, 0.29) is 30.8 Å². The quantitative estimate of drug-likeness (QED) is 0.292. The van der Waals surface area contributed by atoms with Gasteiger partial charge in [-0.15, -0.1) is 0 Å². The van der Waals surface area contributed by atoms with Crippen LogP contribution in [-0.4, -0.2) is 41.3 Å². The molecule has 1 atom stereocenters. The van der Waals surface area contributed by atoms with Crippen LogP contribution in [0.2, 0.25) is 0 Å². The van der Waals surface area contributed by atoms with E-state index in [2.05, 4.69) is 26.3 Å². The van der Waals surface area contributed by atoms with Crippen molar-refractivity contribution in [1.82, 2.24) is 15.6 Å².